The van der Waals surface area contributed by atoms with Gasteiger partial charge in [-0.3, -0.25) is 4.79 Å². The predicted octanol–water partition coefficient (Wildman–Crippen LogP) is 2.42. The van der Waals surface area contributed by atoms with Gasteiger partial charge >= 0.3 is 5.97 Å². The van der Waals surface area contributed by atoms with Gasteiger partial charge in [0.15, 0.2) is 16.4 Å². The summed E-state index contributed by atoms with van der Waals surface area (Å²) in [6, 6.07) is 12.5. The number of carbonyl (C=O) groups is 2. The van der Waals surface area contributed by atoms with Crippen molar-refractivity contribution < 1.29 is 22.7 Å². The summed E-state index contributed by atoms with van der Waals surface area (Å²) in [6.45, 7) is 1.98. The number of hydrogen-bond donors (Lipinski definition) is 0. The lowest BCUT2D eigenvalue weighted by Crippen LogP contribution is -2.43. The molecule has 0 N–H and O–H groups in total. The van der Waals surface area contributed by atoms with E-state index in [1.54, 1.807) is 17.0 Å². The molecular weight excluding hydrogens is 366 g/mol. The van der Waals surface area contributed by atoms with Crippen LogP contribution in [0, 0.1) is 0 Å². The number of amides is 1. The van der Waals surface area contributed by atoms with E-state index in [4.69, 9.17) is 4.74 Å². The first-order valence-corrected chi connectivity index (χ1v) is 10.9. The molecule has 1 aliphatic heterocycles. The Morgan fingerprint density at radius 1 is 1.15 bits per heavy atom. The van der Waals surface area contributed by atoms with Gasteiger partial charge in [-0.25, -0.2) is 13.2 Å². The molecule has 7 heteroatoms. The maximum Gasteiger partial charge on any atom is 0.339 e. The first-order valence-electron chi connectivity index (χ1n) is 9.06. The molecule has 27 heavy (non-hydrogen) atoms. The van der Waals surface area contributed by atoms with Crippen molar-refractivity contribution in [1.82, 2.24) is 4.90 Å². The fourth-order valence-corrected chi connectivity index (χ4v) is 5.20. The van der Waals surface area contributed by atoms with Crippen molar-refractivity contribution in [2.24, 2.45) is 0 Å². The molecule has 0 saturated carbocycles. The first kappa shape index (κ1) is 19.4. The first-order chi connectivity index (χ1) is 12.9. The molecule has 0 aliphatic carbocycles. The number of sulfone groups is 1. The number of rotatable bonds is 6. The lowest BCUT2D eigenvalue weighted by Gasteiger charge is -2.27. The molecule has 0 spiro atoms. The van der Waals surface area contributed by atoms with Gasteiger partial charge in [0, 0.05) is 12.6 Å². The summed E-state index contributed by atoms with van der Waals surface area (Å²) < 4.78 is 28.7. The molecule has 3 rings (SSSR count). The highest BCUT2D eigenvalue weighted by atomic mass is 32.2. The zero-order chi connectivity index (χ0) is 19.4. The van der Waals surface area contributed by atoms with Crippen LogP contribution in [-0.2, 0) is 19.4 Å². The van der Waals surface area contributed by atoms with E-state index < -0.39 is 22.4 Å². The van der Waals surface area contributed by atoms with Crippen molar-refractivity contribution in [3.8, 4) is 0 Å². The standard InChI is InChI=1S/C20H23NO5S/c1-2-11-21(16-10-12-27(24,25)14-16)19(22)13-26-20(23)18-9-5-7-15-6-3-4-8-17(15)18/h3-9,16H,2,10-14H2,1H3/t16-/m0/s1. The third-order valence-corrected chi connectivity index (χ3v) is 6.52. The molecule has 0 bridgehead atoms. The molecule has 1 saturated heterocycles. The molecule has 1 aliphatic rings. The van der Waals surface area contributed by atoms with Crippen molar-refractivity contribution in [2.45, 2.75) is 25.8 Å². The summed E-state index contributed by atoms with van der Waals surface area (Å²) in [5, 5.41) is 1.69. The molecule has 0 aromatic heterocycles. The summed E-state index contributed by atoms with van der Waals surface area (Å²) in [5.74, 6) is -0.833. The highest BCUT2D eigenvalue weighted by molar-refractivity contribution is 7.91. The van der Waals surface area contributed by atoms with Gasteiger partial charge in [0.2, 0.25) is 0 Å². The number of ether oxygens (including phenoxy) is 1. The second-order valence-electron chi connectivity index (χ2n) is 6.75. The Morgan fingerprint density at radius 2 is 1.89 bits per heavy atom. The quantitative estimate of drug-likeness (QED) is 0.709. The van der Waals surface area contributed by atoms with Gasteiger partial charge in [0.1, 0.15) is 0 Å². The van der Waals surface area contributed by atoms with E-state index in [9.17, 15) is 18.0 Å². The zero-order valence-corrected chi connectivity index (χ0v) is 16.1. The fraction of sp³-hybridized carbons (Fsp3) is 0.400. The largest absolute Gasteiger partial charge is 0.452 e. The molecule has 144 valence electrons. The highest BCUT2D eigenvalue weighted by Gasteiger charge is 2.34. The number of nitrogens with zero attached hydrogens (tertiary/aromatic N) is 1. The van der Waals surface area contributed by atoms with Crippen LogP contribution >= 0.6 is 0 Å². The molecule has 0 radical (unpaired) electrons. The molecule has 1 heterocycles. The Bertz CT molecular complexity index is 949. The SMILES string of the molecule is CCCN(C(=O)COC(=O)c1cccc2ccccc12)[C@H]1CCS(=O)(=O)C1. The van der Waals surface area contributed by atoms with E-state index in [1.807, 2.05) is 37.3 Å². The molecule has 1 atom stereocenters. The van der Waals surface area contributed by atoms with E-state index >= 15 is 0 Å². The van der Waals surface area contributed by atoms with Crippen LogP contribution in [0.2, 0.25) is 0 Å². The maximum absolute atomic E-state index is 12.6. The third-order valence-electron chi connectivity index (χ3n) is 4.77. The van der Waals surface area contributed by atoms with Crippen LogP contribution in [0.4, 0.5) is 0 Å². The predicted molar refractivity (Wildman–Crippen MR) is 103 cm³/mol. The number of fused-ring (bicyclic) bond motifs is 1. The molecule has 2 aromatic rings. The van der Waals surface area contributed by atoms with Gasteiger partial charge in [0.25, 0.3) is 5.91 Å². The minimum Gasteiger partial charge on any atom is -0.452 e. The normalized spacial score (nSPS) is 18.3. The Hall–Kier alpha value is -2.41. The molecule has 1 fully saturated rings. The van der Waals surface area contributed by atoms with E-state index in [1.165, 1.54) is 0 Å². The lowest BCUT2D eigenvalue weighted by molar-refractivity contribution is -0.136. The average molecular weight is 389 g/mol. The lowest BCUT2D eigenvalue weighted by atomic mass is 10.1. The second kappa shape index (κ2) is 8.08. The topological polar surface area (TPSA) is 80.8 Å². The number of esters is 1. The number of carbonyl (C=O) groups excluding carboxylic acids is 2. The molecule has 6 nitrogen and oxygen atoms in total. The fourth-order valence-electron chi connectivity index (χ4n) is 3.46. The Labute approximate surface area is 159 Å². The van der Waals surface area contributed by atoms with Gasteiger partial charge in [-0.05, 0) is 29.7 Å². The smallest absolute Gasteiger partial charge is 0.339 e. The van der Waals surface area contributed by atoms with Crippen LogP contribution < -0.4 is 0 Å². The molecule has 0 unspecified atom stereocenters. The molecule has 1 amide bonds. The van der Waals surface area contributed by atoms with Gasteiger partial charge in [-0.15, -0.1) is 0 Å². The van der Waals surface area contributed by atoms with Crippen LogP contribution in [0.25, 0.3) is 10.8 Å². The summed E-state index contributed by atoms with van der Waals surface area (Å²) in [7, 11) is -3.09. The summed E-state index contributed by atoms with van der Waals surface area (Å²) in [6.07, 6.45) is 1.14. The summed E-state index contributed by atoms with van der Waals surface area (Å²) in [5.41, 5.74) is 0.409. The van der Waals surface area contributed by atoms with Crippen molar-refractivity contribution in [1.29, 1.82) is 0 Å². The van der Waals surface area contributed by atoms with E-state index in [0.29, 0.717) is 24.9 Å². The third kappa shape index (κ3) is 4.47. The van der Waals surface area contributed by atoms with Crippen molar-refractivity contribution in [3.63, 3.8) is 0 Å². The number of benzene rings is 2. The summed E-state index contributed by atoms with van der Waals surface area (Å²) in [4.78, 5) is 26.6. The van der Waals surface area contributed by atoms with E-state index in [-0.39, 0.29) is 23.5 Å². The van der Waals surface area contributed by atoms with Crippen LogP contribution in [-0.4, -0.2) is 55.9 Å². The van der Waals surface area contributed by atoms with Crippen molar-refractivity contribution in [3.05, 3.63) is 48.0 Å². The Morgan fingerprint density at radius 3 is 2.59 bits per heavy atom. The Kier molecular flexibility index (Phi) is 5.79. The number of hydrogen-bond acceptors (Lipinski definition) is 5. The second-order valence-corrected chi connectivity index (χ2v) is 8.98. The molecule has 2 aromatic carbocycles. The van der Waals surface area contributed by atoms with Crippen LogP contribution in [0.5, 0.6) is 0 Å². The van der Waals surface area contributed by atoms with Crippen LogP contribution in [0.15, 0.2) is 42.5 Å². The van der Waals surface area contributed by atoms with Gasteiger partial charge in [-0.1, -0.05) is 43.3 Å². The maximum atomic E-state index is 12.6. The molecular formula is C20H23NO5S. The van der Waals surface area contributed by atoms with Gasteiger partial charge < -0.3 is 9.64 Å². The zero-order valence-electron chi connectivity index (χ0n) is 15.3. The minimum atomic E-state index is -3.09. The van der Waals surface area contributed by atoms with Crippen LogP contribution in [0.3, 0.4) is 0 Å². The van der Waals surface area contributed by atoms with E-state index in [2.05, 4.69) is 0 Å². The van der Waals surface area contributed by atoms with Crippen molar-refractivity contribution >= 4 is 32.5 Å². The summed E-state index contributed by atoms with van der Waals surface area (Å²) >= 11 is 0. The van der Waals surface area contributed by atoms with Gasteiger partial charge in [0.05, 0.1) is 17.1 Å². The highest BCUT2D eigenvalue weighted by Crippen LogP contribution is 2.20. The van der Waals surface area contributed by atoms with Crippen molar-refractivity contribution in [2.75, 3.05) is 24.7 Å². The minimum absolute atomic E-state index is 0.0178. The Balaban J connectivity index is 1.68. The average Bonchev–Trinajstić information content (AvgIpc) is 3.02. The van der Waals surface area contributed by atoms with E-state index in [0.717, 1.165) is 10.8 Å². The van der Waals surface area contributed by atoms with Gasteiger partial charge in [-0.2, -0.15) is 0 Å². The monoisotopic (exact) mass is 389 g/mol. The van der Waals surface area contributed by atoms with Crippen LogP contribution in [0.1, 0.15) is 30.1 Å².